The van der Waals surface area contributed by atoms with E-state index in [0.29, 0.717) is 10.9 Å². The van der Waals surface area contributed by atoms with Crippen molar-refractivity contribution in [1.29, 1.82) is 0 Å². The van der Waals surface area contributed by atoms with Gasteiger partial charge in [-0.3, -0.25) is 0 Å². The van der Waals surface area contributed by atoms with Crippen LogP contribution in [0.4, 0.5) is 0 Å². The Morgan fingerprint density at radius 1 is 0.933 bits per heavy atom. The van der Waals surface area contributed by atoms with E-state index in [2.05, 4.69) is 26.0 Å². The molecule has 2 aromatic rings. The molecule has 3 rings (SSSR count). The molecule has 0 unspecified atom stereocenters. The van der Waals surface area contributed by atoms with Gasteiger partial charge in [0.2, 0.25) is 0 Å². The average molecular weight is 428 g/mol. The molecule has 1 aliphatic rings. The molecule has 0 aliphatic carbocycles. The zero-order chi connectivity index (χ0) is 21.7. The smallest absolute Gasteiger partial charge is 0.345 e. The summed E-state index contributed by atoms with van der Waals surface area (Å²) in [6.45, 7) is 9.94. The van der Waals surface area contributed by atoms with Crippen LogP contribution in [0.25, 0.3) is 0 Å². The van der Waals surface area contributed by atoms with Crippen molar-refractivity contribution >= 4 is 16.9 Å². The van der Waals surface area contributed by atoms with Gasteiger partial charge in [-0.1, -0.05) is 29.8 Å². The van der Waals surface area contributed by atoms with Crippen molar-refractivity contribution in [3.05, 3.63) is 58.7 Å². The van der Waals surface area contributed by atoms with Gasteiger partial charge < -0.3 is 9.47 Å². The first-order chi connectivity index (χ1) is 14.3. The van der Waals surface area contributed by atoms with Crippen LogP contribution in [0, 0.1) is 20.8 Å². The van der Waals surface area contributed by atoms with Gasteiger partial charge in [0.05, 0.1) is 0 Å². The zero-order valence-corrected chi connectivity index (χ0v) is 19.9. The summed E-state index contributed by atoms with van der Waals surface area (Å²) in [6.07, 6.45) is 5.40. The first-order valence-corrected chi connectivity index (χ1v) is 12.5. The maximum absolute atomic E-state index is 12.5. The van der Waals surface area contributed by atoms with Crippen molar-refractivity contribution < 1.29 is 14.3 Å². The fourth-order valence-corrected chi connectivity index (χ4v) is 6.48. The quantitative estimate of drug-likeness (QED) is 0.418. The number of aryl methyl sites for hydroxylation is 3. The highest BCUT2D eigenvalue weighted by atomic mass is 32.2. The summed E-state index contributed by atoms with van der Waals surface area (Å²) in [6, 6.07) is 12.6. The number of rotatable bonds is 6. The van der Waals surface area contributed by atoms with Crippen LogP contribution >= 0.6 is 0 Å². The molecular weight excluding hydrogens is 392 g/mol. The van der Waals surface area contributed by atoms with Crippen LogP contribution in [0.15, 0.2) is 41.3 Å². The summed E-state index contributed by atoms with van der Waals surface area (Å²) in [5, 5.41) is 0. The van der Waals surface area contributed by atoms with Gasteiger partial charge in [-0.2, -0.15) is 0 Å². The molecular formula is C26H35O3S+. The van der Waals surface area contributed by atoms with Gasteiger partial charge in [-0.05, 0) is 89.1 Å². The van der Waals surface area contributed by atoms with E-state index in [1.54, 1.807) is 0 Å². The number of esters is 1. The van der Waals surface area contributed by atoms with Gasteiger partial charge in [-0.25, -0.2) is 4.79 Å². The van der Waals surface area contributed by atoms with Crippen LogP contribution in [0.2, 0.25) is 0 Å². The highest BCUT2D eigenvalue weighted by molar-refractivity contribution is 7.96. The van der Waals surface area contributed by atoms with Crippen LogP contribution < -0.4 is 4.74 Å². The molecule has 0 radical (unpaired) electrons. The fraction of sp³-hybridized carbons (Fsp3) is 0.500. The maximum atomic E-state index is 12.5. The number of hydrogen-bond donors (Lipinski definition) is 0. The third-order valence-electron chi connectivity index (χ3n) is 5.75. The van der Waals surface area contributed by atoms with E-state index in [1.165, 1.54) is 47.6 Å². The summed E-state index contributed by atoms with van der Waals surface area (Å²) in [7, 11) is 0.350. The van der Waals surface area contributed by atoms with Crippen molar-refractivity contribution in [2.24, 2.45) is 0 Å². The molecule has 0 N–H and O–H groups in total. The van der Waals surface area contributed by atoms with Gasteiger partial charge in [-0.15, -0.1) is 0 Å². The molecule has 4 heteroatoms. The van der Waals surface area contributed by atoms with Crippen molar-refractivity contribution in [1.82, 2.24) is 0 Å². The SMILES string of the molecule is Cc1ccc(C(C)(C)OC(=O)COc2c(C)cc([S+]3CCCCCC3)cc2C)cc1. The second-order valence-electron chi connectivity index (χ2n) is 8.84. The molecule has 1 fully saturated rings. The van der Waals surface area contributed by atoms with Gasteiger partial charge in [0.15, 0.2) is 11.5 Å². The molecule has 0 amide bonds. The van der Waals surface area contributed by atoms with Crippen LogP contribution in [-0.2, 0) is 26.0 Å². The third kappa shape index (κ3) is 5.81. The molecule has 3 nitrogen and oxygen atoms in total. The normalized spacial score (nSPS) is 15.5. The minimum absolute atomic E-state index is 0.0813. The summed E-state index contributed by atoms with van der Waals surface area (Å²) in [5.74, 6) is 3.07. The Hall–Kier alpha value is -1.94. The number of carbonyl (C=O) groups excluding carboxylic acids is 1. The minimum atomic E-state index is -0.692. The highest BCUT2D eigenvalue weighted by Crippen LogP contribution is 2.31. The summed E-state index contributed by atoms with van der Waals surface area (Å²) in [5.41, 5.74) is 3.67. The van der Waals surface area contributed by atoms with Crippen LogP contribution in [-0.4, -0.2) is 24.1 Å². The largest absolute Gasteiger partial charge is 0.481 e. The van der Waals surface area contributed by atoms with Crippen LogP contribution in [0.1, 0.15) is 61.8 Å². The molecule has 1 heterocycles. The molecule has 162 valence electrons. The molecule has 30 heavy (non-hydrogen) atoms. The molecule has 2 aromatic carbocycles. The van der Waals surface area contributed by atoms with E-state index in [4.69, 9.17) is 9.47 Å². The topological polar surface area (TPSA) is 35.5 Å². The molecule has 0 saturated carbocycles. The van der Waals surface area contributed by atoms with Crippen molar-refractivity contribution in [2.75, 3.05) is 18.1 Å². The van der Waals surface area contributed by atoms with Gasteiger partial charge in [0.25, 0.3) is 0 Å². The van der Waals surface area contributed by atoms with Crippen LogP contribution in [0.3, 0.4) is 0 Å². The van der Waals surface area contributed by atoms with E-state index in [0.717, 1.165) is 22.4 Å². The first kappa shape index (κ1) is 22.7. The minimum Gasteiger partial charge on any atom is -0.481 e. The van der Waals surface area contributed by atoms with Crippen LogP contribution in [0.5, 0.6) is 5.75 Å². The van der Waals surface area contributed by atoms with Crippen molar-refractivity contribution in [3.8, 4) is 5.75 Å². The first-order valence-electron chi connectivity index (χ1n) is 11.0. The Labute approximate surface area is 184 Å². The lowest BCUT2D eigenvalue weighted by atomic mass is 9.97. The van der Waals surface area contributed by atoms with Gasteiger partial charge in [0.1, 0.15) is 22.9 Å². The van der Waals surface area contributed by atoms with E-state index in [1.807, 2.05) is 45.0 Å². The Balaban J connectivity index is 1.63. The second-order valence-corrected chi connectivity index (χ2v) is 11.1. The molecule has 0 bridgehead atoms. The Kier molecular flexibility index (Phi) is 7.51. The molecule has 1 saturated heterocycles. The molecule has 0 atom stereocenters. The lowest BCUT2D eigenvalue weighted by molar-refractivity contribution is -0.159. The summed E-state index contributed by atoms with van der Waals surface area (Å²) < 4.78 is 11.7. The number of ether oxygens (including phenoxy) is 2. The molecule has 1 aliphatic heterocycles. The number of carbonyl (C=O) groups is 1. The van der Waals surface area contributed by atoms with Crippen molar-refractivity contribution in [3.63, 3.8) is 0 Å². The second kappa shape index (κ2) is 9.91. The summed E-state index contributed by atoms with van der Waals surface area (Å²) >= 11 is 0. The number of hydrogen-bond acceptors (Lipinski definition) is 3. The van der Waals surface area contributed by atoms with E-state index < -0.39 is 5.60 Å². The van der Waals surface area contributed by atoms with Crippen molar-refractivity contribution in [2.45, 2.75) is 70.8 Å². The predicted octanol–water partition coefficient (Wildman–Crippen LogP) is 6.02. The lowest BCUT2D eigenvalue weighted by Gasteiger charge is -2.26. The van der Waals surface area contributed by atoms with E-state index in [-0.39, 0.29) is 12.6 Å². The molecule has 0 aromatic heterocycles. The van der Waals surface area contributed by atoms with E-state index in [9.17, 15) is 4.79 Å². The number of benzene rings is 2. The fourth-order valence-electron chi connectivity index (χ4n) is 4.01. The Bertz CT molecular complexity index is 839. The third-order valence-corrected chi connectivity index (χ3v) is 8.21. The maximum Gasteiger partial charge on any atom is 0.345 e. The monoisotopic (exact) mass is 427 g/mol. The Morgan fingerprint density at radius 2 is 1.50 bits per heavy atom. The molecule has 0 spiro atoms. The highest BCUT2D eigenvalue weighted by Gasteiger charge is 2.27. The Morgan fingerprint density at radius 3 is 2.07 bits per heavy atom. The standard InChI is InChI=1S/C26H35O3S/c1-19-10-12-22(13-11-19)26(4,5)29-24(27)18-28-25-20(2)16-23(17-21(25)3)30-14-8-6-7-9-15-30/h10-13,16-17H,6-9,14-15,18H2,1-5H3/q+1. The summed E-state index contributed by atoms with van der Waals surface area (Å²) in [4.78, 5) is 13.9. The lowest BCUT2D eigenvalue weighted by Crippen LogP contribution is -2.28. The van der Waals surface area contributed by atoms with Gasteiger partial charge >= 0.3 is 5.97 Å². The van der Waals surface area contributed by atoms with Gasteiger partial charge in [0, 0.05) is 10.9 Å². The average Bonchev–Trinajstić information content (AvgIpc) is 2.96. The predicted molar refractivity (Wildman–Crippen MR) is 126 cm³/mol. The van der Waals surface area contributed by atoms with E-state index >= 15 is 0 Å². The zero-order valence-electron chi connectivity index (χ0n) is 19.0.